The van der Waals surface area contributed by atoms with Gasteiger partial charge in [-0.3, -0.25) is 9.59 Å². The van der Waals surface area contributed by atoms with Crippen LogP contribution in [0.4, 0.5) is 5.00 Å². The monoisotopic (exact) mass is 340 g/mol. The lowest BCUT2D eigenvalue weighted by molar-refractivity contribution is -0.116. The highest BCUT2D eigenvalue weighted by molar-refractivity contribution is 7.18. The van der Waals surface area contributed by atoms with Crippen LogP contribution in [0.15, 0.2) is 0 Å². The van der Waals surface area contributed by atoms with Crippen LogP contribution in [0.5, 0.6) is 0 Å². The number of hydrogen-bond donors (Lipinski definition) is 1. The molecule has 1 heterocycles. The topological polar surface area (TPSA) is 75.7 Å². The Morgan fingerprint density at radius 3 is 2.39 bits per heavy atom. The van der Waals surface area contributed by atoms with Gasteiger partial charge in [-0.2, -0.15) is 0 Å². The molecule has 1 N–H and O–H groups in total. The molecule has 0 radical (unpaired) electrons. The molecule has 1 aromatic heterocycles. The van der Waals surface area contributed by atoms with E-state index < -0.39 is 5.97 Å². The number of thiophene rings is 1. The number of esters is 1. The van der Waals surface area contributed by atoms with Gasteiger partial charge in [-0.15, -0.1) is 11.3 Å². The molecule has 0 aliphatic rings. The summed E-state index contributed by atoms with van der Waals surface area (Å²) in [6.07, 6.45) is 2.06. The van der Waals surface area contributed by atoms with E-state index in [1.54, 1.807) is 27.9 Å². The van der Waals surface area contributed by atoms with Gasteiger partial charge in [-0.05, 0) is 25.8 Å². The van der Waals surface area contributed by atoms with Crippen molar-refractivity contribution in [2.24, 2.45) is 0 Å². The quantitative estimate of drug-likeness (QED) is 0.774. The van der Waals surface area contributed by atoms with Crippen LogP contribution >= 0.6 is 11.3 Å². The number of unbranched alkanes of at least 4 members (excludes halogenated alkanes) is 1. The Bertz CT molecular complexity index is 593. The second-order valence-corrected chi connectivity index (χ2v) is 6.35. The summed E-state index contributed by atoms with van der Waals surface area (Å²) in [5.74, 6) is -0.889. The first-order chi connectivity index (χ1) is 10.8. The standard InChI is InChI=1S/C16H24N2O4S/c1-6-8-9-11(19)17-14-12(16(21)22-7-2)10(3)13(23-14)15(20)18(4)5/h6-9H2,1-5H3,(H,17,19). The minimum Gasteiger partial charge on any atom is -0.462 e. The molecule has 1 rings (SSSR count). The average molecular weight is 340 g/mol. The molecule has 2 amide bonds. The Morgan fingerprint density at radius 1 is 1.22 bits per heavy atom. The minimum atomic E-state index is -0.523. The molecular weight excluding hydrogens is 316 g/mol. The summed E-state index contributed by atoms with van der Waals surface area (Å²) < 4.78 is 5.06. The number of amides is 2. The van der Waals surface area contributed by atoms with Crippen molar-refractivity contribution in [3.8, 4) is 0 Å². The molecule has 0 aliphatic heterocycles. The average Bonchev–Trinajstić information content (AvgIpc) is 2.80. The predicted molar refractivity (Wildman–Crippen MR) is 91.2 cm³/mol. The fraction of sp³-hybridized carbons (Fsp3) is 0.562. The summed E-state index contributed by atoms with van der Waals surface area (Å²) in [6, 6.07) is 0. The summed E-state index contributed by atoms with van der Waals surface area (Å²) in [4.78, 5) is 38.3. The van der Waals surface area contributed by atoms with Gasteiger partial charge >= 0.3 is 5.97 Å². The first-order valence-electron chi connectivity index (χ1n) is 7.65. The highest BCUT2D eigenvalue weighted by atomic mass is 32.1. The number of nitrogens with one attached hydrogen (secondary N) is 1. The van der Waals surface area contributed by atoms with Crippen molar-refractivity contribution in [3.63, 3.8) is 0 Å². The maximum Gasteiger partial charge on any atom is 0.341 e. The van der Waals surface area contributed by atoms with E-state index in [2.05, 4.69) is 5.32 Å². The van der Waals surface area contributed by atoms with Gasteiger partial charge < -0.3 is 15.0 Å². The molecule has 0 unspecified atom stereocenters. The molecule has 0 aliphatic carbocycles. The first kappa shape index (κ1) is 19.2. The summed E-state index contributed by atoms with van der Waals surface area (Å²) in [6.45, 7) is 5.64. The third-order valence-corrected chi connectivity index (χ3v) is 4.43. The highest BCUT2D eigenvalue weighted by Gasteiger charge is 2.27. The lowest BCUT2D eigenvalue weighted by atomic mass is 10.1. The van der Waals surface area contributed by atoms with E-state index in [4.69, 9.17) is 4.74 Å². The van der Waals surface area contributed by atoms with E-state index in [9.17, 15) is 14.4 Å². The number of hydrogen-bond acceptors (Lipinski definition) is 5. The van der Waals surface area contributed by atoms with E-state index in [0.717, 1.165) is 24.2 Å². The number of ether oxygens (including phenoxy) is 1. The van der Waals surface area contributed by atoms with Crippen LogP contribution in [0, 0.1) is 6.92 Å². The smallest absolute Gasteiger partial charge is 0.341 e. The Morgan fingerprint density at radius 2 is 1.87 bits per heavy atom. The van der Waals surface area contributed by atoms with Crippen LogP contribution in [-0.2, 0) is 9.53 Å². The Labute approximate surface area is 140 Å². The maximum atomic E-state index is 12.2. The number of rotatable bonds is 7. The van der Waals surface area contributed by atoms with Gasteiger partial charge in [0.15, 0.2) is 0 Å². The van der Waals surface area contributed by atoms with Crippen molar-refractivity contribution < 1.29 is 19.1 Å². The second kappa shape index (κ2) is 8.67. The molecule has 0 fully saturated rings. The zero-order valence-electron chi connectivity index (χ0n) is 14.3. The third-order valence-electron chi connectivity index (χ3n) is 3.24. The molecule has 128 valence electrons. The molecule has 0 spiro atoms. The van der Waals surface area contributed by atoms with Crippen LogP contribution in [0.25, 0.3) is 0 Å². The highest BCUT2D eigenvalue weighted by Crippen LogP contribution is 2.34. The minimum absolute atomic E-state index is 0.164. The molecule has 7 heteroatoms. The lowest BCUT2D eigenvalue weighted by Crippen LogP contribution is -2.21. The first-order valence-corrected chi connectivity index (χ1v) is 8.47. The van der Waals surface area contributed by atoms with Crippen LogP contribution in [0.1, 0.15) is 58.7 Å². The number of nitrogens with zero attached hydrogens (tertiary/aromatic N) is 1. The molecule has 0 saturated heterocycles. The summed E-state index contributed by atoms with van der Waals surface area (Å²) in [7, 11) is 3.29. The summed E-state index contributed by atoms with van der Waals surface area (Å²) >= 11 is 1.11. The van der Waals surface area contributed by atoms with Crippen molar-refractivity contribution in [1.82, 2.24) is 4.90 Å². The lowest BCUT2D eigenvalue weighted by Gasteiger charge is -2.09. The van der Waals surface area contributed by atoms with Crippen molar-refractivity contribution in [2.75, 3.05) is 26.0 Å². The van der Waals surface area contributed by atoms with Gasteiger partial charge in [0.05, 0.1) is 17.0 Å². The zero-order chi connectivity index (χ0) is 17.6. The van der Waals surface area contributed by atoms with Crippen molar-refractivity contribution in [2.45, 2.75) is 40.0 Å². The molecule has 0 saturated carbocycles. The van der Waals surface area contributed by atoms with Gasteiger partial charge in [-0.1, -0.05) is 13.3 Å². The Kier molecular flexibility index (Phi) is 7.22. The Hall–Kier alpha value is -1.89. The molecule has 6 nitrogen and oxygen atoms in total. The zero-order valence-corrected chi connectivity index (χ0v) is 15.1. The predicted octanol–water partition coefficient (Wildman–Crippen LogP) is 3.06. The van der Waals surface area contributed by atoms with Gasteiger partial charge in [0, 0.05) is 20.5 Å². The van der Waals surface area contributed by atoms with Crippen molar-refractivity contribution >= 4 is 34.1 Å². The van der Waals surface area contributed by atoms with Crippen molar-refractivity contribution in [1.29, 1.82) is 0 Å². The molecule has 1 aromatic rings. The van der Waals surface area contributed by atoms with Crippen LogP contribution in [-0.4, -0.2) is 43.4 Å². The van der Waals surface area contributed by atoms with Crippen LogP contribution in [0.3, 0.4) is 0 Å². The van der Waals surface area contributed by atoms with Crippen molar-refractivity contribution in [3.05, 3.63) is 16.0 Å². The van der Waals surface area contributed by atoms with E-state index >= 15 is 0 Å². The van der Waals surface area contributed by atoms with E-state index in [-0.39, 0.29) is 24.0 Å². The third kappa shape index (κ3) is 4.79. The largest absolute Gasteiger partial charge is 0.462 e. The van der Waals surface area contributed by atoms with E-state index in [1.807, 2.05) is 6.92 Å². The fourth-order valence-corrected chi connectivity index (χ4v) is 3.22. The van der Waals surface area contributed by atoms with E-state index in [0.29, 0.717) is 21.9 Å². The molecule has 0 aromatic carbocycles. The van der Waals surface area contributed by atoms with Gasteiger partial charge in [0.1, 0.15) is 5.00 Å². The Balaban J connectivity index is 3.20. The number of anilines is 1. The van der Waals surface area contributed by atoms with Gasteiger partial charge in [0.2, 0.25) is 5.91 Å². The normalized spacial score (nSPS) is 10.3. The van der Waals surface area contributed by atoms with Crippen LogP contribution < -0.4 is 5.32 Å². The molecule has 23 heavy (non-hydrogen) atoms. The number of carbonyl (C=O) groups excluding carboxylic acids is 3. The summed E-state index contributed by atoms with van der Waals surface area (Å²) in [5, 5.41) is 3.13. The van der Waals surface area contributed by atoms with E-state index in [1.165, 1.54) is 4.90 Å². The second-order valence-electron chi connectivity index (χ2n) is 5.33. The maximum absolute atomic E-state index is 12.2. The fourth-order valence-electron chi connectivity index (χ4n) is 1.98. The summed E-state index contributed by atoms with van der Waals surface area (Å²) in [5.41, 5.74) is 0.810. The molecule has 0 bridgehead atoms. The van der Waals surface area contributed by atoms with Crippen LogP contribution in [0.2, 0.25) is 0 Å². The SMILES string of the molecule is CCCCC(=O)Nc1sc(C(=O)N(C)C)c(C)c1C(=O)OCC. The molecule has 0 atom stereocenters. The molecular formula is C16H24N2O4S. The number of carbonyl (C=O) groups is 3. The van der Waals surface area contributed by atoms with Gasteiger partial charge in [-0.25, -0.2) is 4.79 Å². The van der Waals surface area contributed by atoms with Gasteiger partial charge in [0.25, 0.3) is 5.91 Å².